The van der Waals surface area contributed by atoms with Crippen LogP contribution in [-0.4, -0.2) is 31.3 Å². The largest absolute Gasteiger partial charge is 0.378 e. The fraction of sp³-hybridized carbons (Fsp3) is 0.625. The highest BCUT2D eigenvalue weighted by atomic mass is 32.1. The van der Waals surface area contributed by atoms with Gasteiger partial charge in [0.15, 0.2) is 5.13 Å². The van der Waals surface area contributed by atoms with Gasteiger partial charge in [-0.3, -0.25) is 0 Å². The molecule has 0 amide bonds. The quantitative estimate of drug-likeness (QED) is 0.757. The van der Waals surface area contributed by atoms with E-state index in [4.69, 9.17) is 4.74 Å². The molecule has 1 aliphatic heterocycles. The molecule has 0 aromatic carbocycles. The molecule has 13 heavy (non-hydrogen) atoms. The SMILES string of the molecule is SCc1cnc(N2CCOCC2)s1. The summed E-state index contributed by atoms with van der Waals surface area (Å²) in [5.41, 5.74) is 0. The number of nitrogens with zero attached hydrogens (tertiary/aromatic N) is 2. The molecule has 1 aromatic heterocycles. The predicted octanol–water partition coefficient (Wildman–Crippen LogP) is 1.41. The van der Waals surface area contributed by atoms with Crippen molar-refractivity contribution in [3.63, 3.8) is 0 Å². The van der Waals surface area contributed by atoms with Gasteiger partial charge in [0.1, 0.15) is 0 Å². The number of ether oxygens (including phenoxy) is 1. The summed E-state index contributed by atoms with van der Waals surface area (Å²) in [6, 6.07) is 0. The van der Waals surface area contributed by atoms with Crippen LogP contribution >= 0.6 is 24.0 Å². The molecule has 1 saturated heterocycles. The van der Waals surface area contributed by atoms with E-state index < -0.39 is 0 Å². The number of morpholine rings is 1. The lowest BCUT2D eigenvalue weighted by molar-refractivity contribution is 0.122. The maximum atomic E-state index is 5.27. The molecule has 72 valence electrons. The van der Waals surface area contributed by atoms with Crippen LogP contribution in [0.1, 0.15) is 4.88 Å². The Kier molecular flexibility index (Phi) is 3.08. The molecule has 0 bridgehead atoms. The summed E-state index contributed by atoms with van der Waals surface area (Å²) < 4.78 is 5.27. The van der Waals surface area contributed by atoms with Gasteiger partial charge in [-0.05, 0) is 0 Å². The molecule has 3 nitrogen and oxygen atoms in total. The molecule has 1 aliphatic rings. The summed E-state index contributed by atoms with van der Waals surface area (Å²) in [5.74, 6) is 0.780. The molecular formula is C8H12N2OS2. The Morgan fingerprint density at radius 2 is 2.31 bits per heavy atom. The van der Waals surface area contributed by atoms with Crippen LogP contribution in [0, 0.1) is 0 Å². The zero-order chi connectivity index (χ0) is 9.10. The van der Waals surface area contributed by atoms with Crippen LogP contribution in [-0.2, 0) is 10.5 Å². The minimum Gasteiger partial charge on any atom is -0.378 e. The molecule has 0 radical (unpaired) electrons. The van der Waals surface area contributed by atoms with Crippen molar-refractivity contribution in [2.75, 3.05) is 31.2 Å². The minimum atomic E-state index is 0.780. The number of thiol groups is 1. The Balaban J connectivity index is 2.05. The number of hydrogen-bond acceptors (Lipinski definition) is 5. The number of rotatable bonds is 2. The van der Waals surface area contributed by atoms with Gasteiger partial charge in [0.2, 0.25) is 0 Å². The predicted molar refractivity (Wildman–Crippen MR) is 57.8 cm³/mol. The van der Waals surface area contributed by atoms with Crippen LogP contribution < -0.4 is 4.90 Å². The first-order valence-electron chi connectivity index (χ1n) is 4.28. The van der Waals surface area contributed by atoms with Gasteiger partial charge in [-0.2, -0.15) is 12.6 Å². The van der Waals surface area contributed by atoms with E-state index in [1.54, 1.807) is 11.3 Å². The number of anilines is 1. The van der Waals surface area contributed by atoms with Gasteiger partial charge in [0.25, 0.3) is 0 Å². The smallest absolute Gasteiger partial charge is 0.185 e. The number of aromatic nitrogens is 1. The van der Waals surface area contributed by atoms with Crippen molar-refractivity contribution in [2.24, 2.45) is 0 Å². The third-order valence-corrected chi connectivity index (χ3v) is 3.59. The van der Waals surface area contributed by atoms with Gasteiger partial charge >= 0.3 is 0 Å². The first kappa shape index (κ1) is 9.30. The highest BCUT2D eigenvalue weighted by molar-refractivity contribution is 7.79. The lowest BCUT2D eigenvalue weighted by Crippen LogP contribution is -2.36. The summed E-state index contributed by atoms with van der Waals surface area (Å²) in [7, 11) is 0. The van der Waals surface area contributed by atoms with E-state index in [0.29, 0.717) is 0 Å². The Hall–Kier alpha value is -0.260. The second-order valence-electron chi connectivity index (χ2n) is 2.87. The lowest BCUT2D eigenvalue weighted by Gasteiger charge is -2.25. The molecule has 5 heteroatoms. The van der Waals surface area contributed by atoms with Crippen molar-refractivity contribution in [3.8, 4) is 0 Å². The zero-order valence-corrected chi connectivity index (χ0v) is 8.98. The maximum Gasteiger partial charge on any atom is 0.185 e. The molecule has 0 saturated carbocycles. The normalized spacial score (nSPS) is 17.8. The summed E-state index contributed by atoms with van der Waals surface area (Å²) in [5, 5.41) is 1.10. The van der Waals surface area contributed by atoms with Crippen molar-refractivity contribution in [3.05, 3.63) is 11.1 Å². The van der Waals surface area contributed by atoms with Gasteiger partial charge in [-0.15, -0.1) is 11.3 Å². The van der Waals surface area contributed by atoms with Gasteiger partial charge in [-0.25, -0.2) is 4.98 Å². The molecule has 0 unspecified atom stereocenters. The second-order valence-corrected chi connectivity index (χ2v) is 4.28. The van der Waals surface area contributed by atoms with Crippen LogP contribution in [0.25, 0.3) is 0 Å². The van der Waals surface area contributed by atoms with Crippen molar-refractivity contribution >= 4 is 29.1 Å². The van der Waals surface area contributed by atoms with E-state index in [9.17, 15) is 0 Å². The van der Waals surface area contributed by atoms with E-state index in [0.717, 1.165) is 37.2 Å². The van der Waals surface area contributed by atoms with E-state index in [1.807, 2.05) is 6.20 Å². The van der Waals surface area contributed by atoms with Crippen LogP contribution in [0.4, 0.5) is 5.13 Å². The van der Waals surface area contributed by atoms with E-state index >= 15 is 0 Å². The van der Waals surface area contributed by atoms with E-state index in [-0.39, 0.29) is 0 Å². The van der Waals surface area contributed by atoms with Crippen molar-refractivity contribution in [1.82, 2.24) is 4.98 Å². The van der Waals surface area contributed by atoms with E-state index in [1.165, 1.54) is 4.88 Å². The second kappa shape index (κ2) is 4.30. The number of thiazole rings is 1. The monoisotopic (exact) mass is 216 g/mol. The van der Waals surface area contributed by atoms with Crippen LogP contribution in [0.15, 0.2) is 6.20 Å². The molecule has 2 heterocycles. The Bertz CT molecular complexity index is 271. The highest BCUT2D eigenvalue weighted by Crippen LogP contribution is 2.23. The maximum absolute atomic E-state index is 5.27. The van der Waals surface area contributed by atoms with Crippen molar-refractivity contribution in [1.29, 1.82) is 0 Å². The third-order valence-electron chi connectivity index (χ3n) is 1.98. The summed E-state index contributed by atoms with van der Waals surface area (Å²) in [6.45, 7) is 3.55. The van der Waals surface area contributed by atoms with Crippen LogP contribution in [0.3, 0.4) is 0 Å². The Morgan fingerprint density at radius 1 is 1.54 bits per heavy atom. The summed E-state index contributed by atoms with van der Waals surface area (Å²) in [6.07, 6.45) is 1.91. The first-order chi connectivity index (χ1) is 6.40. The molecule has 1 aromatic rings. The zero-order valence-electron chi connectivity index (χ0n) is 7.27. The van der Waals surface area contributed by atoms with Crippen molar-refractivity contribution < 1.29 is 4.74 Å². The molecule has 2 rings (SSSR count). The molecule has 0 spiro atoms. The molecule has 1 fully saturated rings. The fourth-order valence-corrected chi connectivity index (χ4v) is 2.37. The summed E-state index contributed by atoms with van der Waals surface area (Å²) >= 11 is 5.94. The first-order valence-corrected chi connectivity index (χ1v) is 5.73. The summed E-state index contributed by atoms with van der Waals surface area (Å²) in [4.78, 5) is 7.84. The minimum absolute atomic E-state index is 0.780. The average Bonchev–Trinajstić information content (AvgIpc) is 2.67. The number of hydrogen-bond donors (Lipinski definition) is 1. The van der Waals surface area contributed by atoms with Gasteiger partial charge in [0.05, 0.1) is 13.2 Å². The van der Waals surface area contributed by atoms with E-state index in [2.05, 4.69) is 22.5 Å². The Morgan fingerprint density at radius 3 is 2.92 bits per heavy atom. The van der Waals surface area contributed by atoms with Gasteiger partial charge < -0.3 is 9.64 Å². The lowest BCUT2D eigenvalue weighted by atomic mass is 10.5. The molecular weight excluding hydrogens is 204 g/mol. The third kappa shape index (κ3) is 2.15. The molecule has 0 aliphatic carbocycles. The molecule has 0 N–H and O–H groups in total. The Labute approximate surface area is 87.1 Å². The van der Waals surface area contributed by atoms with Crippen molar-refractivity contribution in [2.45, 2.75) is 5.75 Å². The highest BCUT2D eigenvalue weighted by Gasteiger charge is 2.13. The van der Waals surface area contributed by atoms with Gasteiger partial charge in [-0.1, -0.05) is 0 Å². The fourth-order valence-electron chi connectivity index (χ4n) is 1.27. The topological polar surface area (TPSA) is 25.4 Å². The van der Waals surface area contributed by atoms with Crippen LogP contribution in [0.5, 0.6) is 0 Å². The average molecular weight is 216 g/mol. The van der Waals surface area contributed by atoms with Gasteiger partial charge in [0, 0.05) is 29.9 Å². The van der Waals surface area contributed by atoms with Crippen LogP contribution in [0.2, 0.25) is 0 Å². The standard InChI is InChI=1S/C8H12N2OS2/c12-6-7-5-9-8(13-7)10-1-3-11-4-2-10/h5,12H,1-4,6H2. The molecule has 0 atom stereocenters.